The minimum atomic E-state index is -0.385. The highest BCUT2D eigenvalue weighted by molar-refractivity contribution is 9.09. The molecule has 96 valence electrons. The molecule has 0 aromatic heterocycles. The van der Waals surface area contributed by atoms with Crippen LogP contribution < -0.4 is 0 Å². The monoisotopic (exact) mass is 315 g/mol. The second kappa shape index (κ2) is 4.82. The summed E-state index contributed by atoms with van der Waals surface area (Å²) in [6.07, 6.45) is 0. The van der Waals surface area contributed by atoms with E-state index in [9.17, 15) is 0 Å². The molecule has 1 aliphatic heterocycles. The lowest BCUT2D eigenvalue weighted by Gasteiger charge is -2.34. The van der Waals surface area contributed by atoms with Gasteiger partial charge in [0.25, 0.3) is 0 Å². The zero-order valence-electron chi connectivity index (χ0n) is 10.6. The Bertz CT molecular complexity index is 624. The van der Waals surface area contributed by atoms with E-state index in [2.05, 4.69) is 33.9 Å². The molecule has 0 radical (unpaired) electrons. The molecule has 0 amide bonds. The third-order valence-corrected chi connectivity index (χ3v) is 4.36. The van der Waals surface area contributed by atoms with E-state index in [1.807, 2.05) is 48.5 Å². The predicted octanol–water partition coefficient (Wildman–Crippen LogP) is 4.41. The summed E-state index contributed by atoms with van der Waals surface area (Å²) >= 11 is 3.56. The van der Waals surface area contributed by atoms with Gasteiger partial charge in [-0.25, -0.2) is 4.99 Å². The van der Waals surface area contributed by atoms with Crippen molar-refractivity contribution < 1.29 is 4.74 Å². The van der Waals surface area contributed by atoms with Gasteiger partial charge in [0, 0.05) is 16.5 Å². The Morgan fingerprint density at radius 2 is 1.74 bits per heavy atom. The molecule has 0 saturated heterocycles. The van der Waals surface area contributed by atoms with Crippen molar-refractivity contribution in [2.24, 2.45) is 4.99 Å². The smallest absolute Gasteiger partial charge is 0.222 e. The van der Waals surface area contributed by atoms with Gasteiger partial charge in [-0.05, 0) is 25.1 Å². The number of hydrogen-bond donors (Lipinski definition) is 0. The third-order valence-electron chi connectivity index (χ3n) is 3.29. The number of ether oxygens (including phenoxy) is 1. The van der Waals surface area contributed by atoms with E-state index in [1.54, 1.807) is 0 Å². The molecule has 1 atom stereocenters. The number of alkyl halides is 1. The van der Waals surface area contributed by atoms with E-state index in [4.69, 9.17) is 4.74 Å². The Balaban J connectivity index is 2.14. The Kier molecular flexibility index (Phi) is 3.15. The van der Waals surface area contributed by atoms with Crippen molar-refractivity contribution >= 4 is 27.5 Å². The molecule has 0 bridgehead atoms. The molecule has 0 spiro atoms. The van der Waals surface area contributed by atoms with Crippen LogP contribution in [-0.4, -0.2) is 11.2 Å². The van der Waals surface area contributed by atoms with Gasteiger partial charge >= 0.3 is 0 Å². The number of benzene rings is 2. The largest absolute Gasteiger partial charge is 0.465 e. The summed E-state index contributed by atoms with van der Waals surface area (Å²) in [4.78, 5) is 4.63. The van der Waals surface area contributed by atoms with Crippen LogP contribution in [0.2, 0.25) is 0 Å². The first-order chi connectivity index (χ1) is 9.23. The molecule has 0 N–H and O–H groups in total. The number of aliphatic imine (C=N–C) groups is 1. The van der Waals surface area contributed by atoms with Gasteiger partial charge in [-0.15, -0.1) is 0 Å². The summed E-state index contributed by atoms with van der Waals surface area (Å²) in [5.74, 6) is 0.682. The zero-order valence-corrected chi connectivity index (χ0v) is 12.2. The van der Waals surface area contributed by atoms with Crippen LogP contribution in [0.3, 0.4) is 0 Å². The molecular formula is C16H14BrNO. The SMILES string of the molecule is CC1(CBr)OC(c2ccccc2)=Nc2ccccc21. The van der Waals surface area contributed by atoms with Gasteiger partial charge in [0.2, 0.25) is 5.90 Å². The minimum Gasteiger partial charge on any atom is -0.465 e. The average molecular weight is 316 g/mol. The van der Waals surface area contributed by atoms with Crippen LogP contribution >= 0.6 is 15.9 Å². The summed E-state index contributed by atoms with van der Waals surface area (Å²) in [5, 5.41) is 0.725. The normalized spacial score (nSPS) is 21.3. The van der Waals surface area contributed by atoms with Crippen LogP contribution in [0.25, 0.3) is 0 Å². The van der Waals surface area contributed by atoms with Crippen molar-refractivity contribution in [2.75, 3.05) is 5.33 Å². The molecule has 1 aliphatic rings. The van der Waals surface area contributed by atoms with Crippen LogP contribution in [0, 0.1) is 0 Å². The highest BCUT2D eigenvalue weighted by Crippen LogP contribution is 2.39. The molecule has 1 unspecified atom stereocenters. The van der Waals surface area contributed by atoms with Crippen LogP contribution in [0.1, 0.15) is 18.1 Å². The van der Waals surface area contributed by atoms with Gasteiger partial charge < -0.3 is 4.74 Å². The second-order valence-electron chi connectivity index (χ2n) is 4.77. The lowest BCUT2D eigenvalue weighted by molar-refractivity contribution is 0.0980. The average Bonchev–Trinajstić information content (AvgIpc) is 2.48. The van der Waals surface area contributed by atoms with E-state index in [0.29, 0.717) is 5.90 Å². The molecule has 0 fully saturated rings. The van der Waals surface area contributed by atoms with Crippen LogP contribution in [0.15, 0.2) is 59.6 Å². The zero-order chi connectivity index (χ0) is 13.3. The molecule has 2 nitrogen and oxygen atoms in total. The van der Waals surface area contributed by atoms with Crippen molar-refractivity contribution in [3.05, 3.63) is 65.7 Å². The van der Waals surface area contributed by atoms with Crippen LogP contribution in [0.5, 0.6) is 0 Å². The summed E-state index contributed by atoms with van der Waals surface area (Å²) in [5.41, 5.74) is 2.72. The highest BCUT2D eigenvalue weighted by Gasteiger charge is 2.35. The summed E-state index contributed by atoms with van der Waals surface area (Å²) in [7, 11) is 0. The van der Waals surface area contributed by atoms with Gasteiger partial charge in [0.1, 0.15) is 5.60 Å². The van der Waals surface area contributed by atoms with E-state index >= 15 is 0 Å². The molecule has 3 rings (SSSR count). The maximum Gasteiger partial charge on any atom is 0.222 e. The molecule has 0 saturated carbocycles. The van der Waals surface area contributed by atoms with Crippen molar-refractivity contribution in [1.82, 2.24) is 0 Å². The van der Waals surface area contributed by atoms with E-state index in [1.165, 1.54) is 0 Å². The Morgan fingerprint density at radius 1 is 1.05 bits per heavy atom. The fraction of sp³-hybridized carbons (Fsp3) is 0.188. The Morgan fingerprint density at radius 3 is 2.47 bits per heavy atom. The van der Waals surface area contributed by atoms with Gasteiger partial charge in [0.15, 0.2) is 0 Å². The number of nitrogens with zero attached hydrogens (tertiary/aromatic N) is 1. The molecule has 3 heteroatoms. The van der Waals surface area contributed by atoms with Crippen molar-refractivity contribution in [3.8, 4) is 0 Å². The van der Waals surface area contributed by atoms with Gasteiger partial charge in [-0.2, -0.15) is 0 Å². The van der Waals surface area contributed by atoms with Crippen LogP contribution in [0.4, 0.5) is 5.69 Å². The third kappa shape index (κ3) is 2.19. The first-order valence-electron chi connectivity index (χ1n) is 6.21. The second-order valence-corrected chi connectivity index (χ2v) is 5.33. The lowest BCUT2D eigenvalue weighted by Crippen LogP contribution is -2.33. The summed E-state index contributed by atoms with van der Waals surface area (Å²) in [6, 6.07) is 18.1. The molecule has 1 heterocycles. The first kappa shape index (κ1) is 12.4. The number of rotatable bonds is 2. The van der Waals surface area contributed by atoms with Gasteiger partial charge in [0.05, 0.1) is 5.69 Å². The number of hydrogen-bond acceptors (Lipinski definition) is 2. The fourth-order valence-electron chi connectivity index (χ4n) is 2.22. The molecule has 0 aliphatic carbocycles. The molecule has 2 aromatic rings. The topological polar surface area (TPSA) is 21.6 Å². The molecule has 2 aromatic carbocycles. The van der Waals surface area contributed by atoms with Crippen molar-refractivity contribution in [1.29, 1.82) is 0 Å². The van der Waals surface area contributed by atoms with Crippen molar-refractivity contribution in [3.63, 3.8) is 0 Å². The van der Waals surface area contributed by atoms with Crippen molar-refractivity contribution in [2.45, 2.75) is 12.5 Å². The first-order valence-corrected chi connectivity index (χ1v) is 7.34. The minimum absolute atomic E-state index is 0.385. The number of fused-ring (bicyclic) bond motifs is 1. The summed E-state index contributed by atoms with van der Waals surface area (Å²) < 4.78 is 6.14. The number of para-hydroxylation sites is 1. The number of halogens is 1. The maximum absolute atomic E-state index is 6.14. The fourth-order valence-corrected chi connectivity index (χ4v) is 2.64. The maximum atomic E-state index is 6.14. The van der Waals surface area contributed by atoms with Gasteiger partial charge in [-0.1, -0.05) is 52.3 Å². The summed E-state index contributed by atoms with van der Waals surface area (Å²) in [6.45, 7) is 2.08. The van der Waals surface area contributed by atoms with E-state index in [-0.39, 0.29) is 5.60 Å². The van der Waals surface area contributed by atoms with Gasteiger partial charge in [-0.3, -0.25) is 0 Å². The standard InChI is InChI=1S/C16H14BrNO/c1-16(11-17)13-9-5-6-10-14(13)18-15(19-16)12-7-3-2-4-8-12/h2-10H,11H2,1H3. The molecule has 19 heavy (non-hydrogen) atoms. The van der Waals surface area contributed by atoms with Crippen LogP contribution in [-0.2, 0) is 10.3 Å². The Hall–Kier alpha value is -1.61. The highest BCUT2D eigenvalue weighted by atomic mass is 79.9. The Labute approximate surface area is 121 Å². The quantitative estimate of drug-likeness (QED) is 0.752. The van der Waals surface area contributed by atoms with E-state index in [0.717, 1.165) is 22.1 Å². The molecular weight excluding hydrogens is 302 g/mol. The van der Waals surface area contributed by atoms with E-state index < -0.39 is 0 Å². The predicted molar refractivity (Wildman–Crippen MR) is 81.3 cm³/mol. The lowest BCUT2D eigenvalue weighted by atomic mass is 9.94.